The normalized spacial score (nSPS) is 12.0. The third-order valence-corrected chi connectivity index (χ3v) is 7.12. The fourth-order valence-corrected chi connectivity index (χ4v) is 5.52. The molecule has 0 fully saturated rings. The first-order chi connectivity index (χ1) is 15.1. The van der Waals surface area contributed by atoms with E-state index in [-0.39, 0.29) is 0 Å². The summed E-state index contributed by atoms with van der Waals surface area (Å²) in [6.07, 6.45) is 3.84. The average Bonchev–Trinajstić information content (AvgIpc) is 3.50. The van der Waals surface area contributed by atoms with Crippen LogP contribution in [-0.4, -0.2) is 19.9 Å². The number of aromatic amines is 2. The fraction of sp³-hybridized carbons (Fsp3) is 0.154. The van der Waals surface area contributed by atoms with Crippen LogP contribution in [0.4, 0.5) is 0 Å². The van der Waals surface area contributed by atoms with E-state index in [2.05, 4.69) is 82.3 Å². The van der Waals surface area contributed by atoms with Gasteiger partial charge in [-0.3, -0.25) is 0 Å². The van der Waals surface area contributed by atoms with Crippen LogP contribution in [0.3, 0.4) is 0 Å². The number of aryl methyl sites for hydroxylation is 1. The van der Waals surface area contributed by atoms with E-state index in [0.717, 1.165) is 28.6 Å². The van der Waals surface area contributed by atoms with Crippen LogP contribution in [0.5, 0.6) is 0 Å². The maximum Gasteiger partial charge on any atom is 0.109 e. The highest BCUT2D eigenvalue weighted by atomic mass is 32.1. The van der Waals surface area contributed by atoms with Crippen molar-refractivity contribution in [2.75, 3.05) is 0 Å². The zero-order valence-electron chi connectivity index (χ0n) is 17.7. The highest BCUT2D eigenvalue weighted by Gasteiger charge is 2.12. The van der Waals surface area contributed by atoms with Crippen LogP contribution < -0.4 is 0 Å². The average molecular weight is 423 g/mol. The molecule has 0 atom stereocenters. The van der Waals surface area contributed by atoms with E-state index < -0.39 is 0 Å². The largest absolute Gasteiger partial charge is 0.342 e. The van der Waals surface area contributed by atoms with Crippen molar-refractivity contribution in [3.05, 3.63) is 72.6 Å². The van der Waals surface area contributed by atoms with Crippen molar-refractivity contribution in [1.29, 1.82) is 0 Å². The molecule has 0 spiro atoms. The number of H-pyrrole nitrogens is 2. The Morgan fingerprint density at radius 1 is 0.774 bits per heavy atom. The van der Waals surface area contributed by atoms with Gasteiger partial charge in [-0.1, -0.05) is 50.2 Å². The first-order valence-electron chi connectivity index (χ1n) is 10.5. The van der Waals surface area contributed by atoms with Gasteiger partial charge in [0.15, 0.2) is 0 Å². The van der Waals surface area contributed by atoms with Gasteiger partial charge in [-0.2, -0.15) is 0 Å². The molecule has 4 nitrogen and oxygen atoms in total. The third-order valence-electron chi connectivity index (χ3n) is 5.92. The van der Waals surface area contributed by atoms with Crippen molar-refractivity contribution in [2.45, 2.75) is 26.7 Å². The summed E-state index contributed by atoms with van der Waals surface area (Å²) >= 11 is 1.86. The van der Waals surface area contributed by atoms with E-state index >= 15 is 0 Å². The molecule has 2 N–H and O–H groups in total. The molecule has 0 amide bonds. The second kappa shape index (κ2) is 6.79. The molecule has 0 aliphatic carbocycles. The molecule has 3 aromatic heterocycles. The summed E-state index contributed by atoms with van der Waals surface area (Å²) in [6.45, 7) is 6.29. The van der Waals surface area contributed by atoms with Gasteiger partial charge in [-0.05, 0) is 29.8 Å². The molecule has 0 bridgehead atoms. The highest BCUT2D eigenvalue weighted by molar-refractivity contribution is 7.26. The zero-order valence-corrected chi connectivity index (χ0v) is 18.5. The molecule has 6 rings (SSSR count). The maximum atomic E-state index is 4.53. The molecule has 0 aliphatic heterocycles. The van der Waals surface area contributed by atoms with Gasteiger partial charge in [0.1, 0.15) is 11.6 Å². The predicted octanol–water partition coefficient (Wildman–Crippen LogP) is 7.42. The Balaban J connectivity index is 1.49. The van der Waals surface area contributed by atoms with Crippen LogP contribution in [0.15, 0.2) is 60.9 Å². The van der Waals surface area contributed by atoms with Crippen molar-refractivity contribution in [3.63, 3.8) is 0 Å². The van der Waals surface area contributed by atoms with E-state index in [1.165, 1.54) is 36.5 Å². The molecular formula is C26H22N4S. The highest BCUT2D eigenvalue weighted by Crippen LogP contribution is 2.40. The van der Waals surface area contributed by atoms with Gasteiger partial charge in [0, 0.05) is 37.2 Å². The molecule has 6 aromatic rings. The number of aromatic nitrogens is 4. The fourth-order valence-electron chi connectivity index (χ4n) is 4.24. The van der Waals surface area contributed by atoms with E-state index in [0.29, 0.717) is 5.92 Å². The first-order valence-corrected chi connectivity index (χ1v) is 11.3. The van der Waals surface area contributed by atoms with E-state index in [1.807, 2.05) is 30.7 Å². The summed E-state index contributed by atoms with van der Waals surface area (Å²) in [7, 11) is 0. The summed E-state index contributed by atoms with van der Waals surface area (Å²) in [5, 5.41) is 5.17. The Bertz CT molecular complexity index is 1580. The predicted molar refractivity (Wildman–Crippen MR) is 131 cm³/mol. The smallest absolute Gasteiger partial charge is 0.109 e. The van der Waals surface area contributed by atoms with Crippen molar-refractivity contribution in [3.8, 4) is 22.5 Å². The lowest BCUT2D eigenvalue weighted by molar-refractivity contribution is 0.795. The Morgan fingerprint density at radius 2 is 1.48 bits per heavy atom. The summed E-state index contributed by atoms with van der Waals surface area (Å²) in [5.74, 6) is 2.35. The molecule has 5 heteroatoms. The number of rotatable bonds is 3. The van der Waals surface area contributed by atoms with Crippen LogP contribution in [-0.2, 0) is 0 Å². The van der Waals surface area contributed by atoms with Gasteiger partial charge < -0.3 is 9.97 Å². The number of hydrogen-bond donors (Lipinski definition) is 2. The number of imidazole rings is 2. The van der Waals surface area contributed by atoms with Crippen LogP contribution in [0.1, 0.15) is 31.4 Å². The van der Waals surface area contributed by atoms with Gasteiger partial charge in [-0.15, -0.1) is 11.3 Å². The number of nitrogens with one attached hydrogen (secondary N) is 2. The lowest BCUT2D eigenvalue weighted by atomic mass is 10.0. The molecule has 0 radical (unpaired) electrons. The number of nitrogens with zero attached hydrogens (tertiary/aromatic N) is 2. The molecular weight excluding hydrogens is 400 g/mol. The second-order valence-corrected chi connectivity index (χ2v) is 9.46. The molecule has 0 unspecified atom stereocenters. The van der Waals surface area contributed by atoms with Crippen LogP contribution in [0, 0.1) is 6.92 Å². The number of hydrogen-bond acceptors (Lipinski definition) is 3. The second-order valence-electron chi connectivity index (χ2n) is 8.41. The van der Waals surface area contributed by atoms with Gasteiger partial charge >= 0.3 is 0 Å². The number of fused-ring (bicyclic) bond motifs is 5. The van der Waals surface area contributed by atoms with Crippen LogP contribution in [0.2, 0.25) is 0 Å². The Kier molecular flexibility index (Phi) is 4.02. The maximum absolute atomic E-state index is 4.53. The lowest BCUT2D eigenvalue weighted by Crippen LogP contribution is -1.89. The molecule has 0 saturated heterocycles. The van der Waals surface area contributed by atoms with Crippen LogP contribution in [0.25, 0.3) is 53.5 Å². The number of benzene rings is 3. The first kappa shape index (κ1) is 18.3. The van der Waals surface area contributed by atoms with Crippen molar-refractivity contribution < 1.29 is 0 Å². The minimum atomic E-state index is 0.392. The molecule has 0 aliphatic rings. The molecule has 152 valence electrons. The minimum Gasteiger partial charge on any atom is -0.342 e. The standard InChI is InChI=1S/C26H22N4S/c1-14(2)26-28-13-23(30-26)18-6-8-20-21-9-4-16-10-17(22-12-27-15(3)29-22)5-7-19(16)25(21)31-24(20)11-18/h4-14H,1-3H3,(H,27,29)(H,28,30). The third kappa shape index (κ3) is 2.96. The van der Waals surface area contributed by atoms with Gasteiger partial charge in [0.2, 0.25) is 0 Å². The molecule has 0 saturated carbocycles. The van der Waals surface area contributed by atoms with Crippen molar-refractivity contribution in [2.24, 2.45) is 0 Å². The monoisotopic (exact) mass is 422 g/mol. The summed E-state index contributed by atoms with van der Waals surface area (Å²) in [4.78, 5) is 15.7. The molecule has 3 aromatic carbocycles. The summed E-state index contributed by atoms with van der Waals surface area (Å²) in [5.41, 5.74) is 4.48. The SMILES string of the molecule is Cc1ncc(-c2ccc3c(ccc4c5ccc(-c6cnc(C(C)C)[nH]6)cc5sc34)c2)[nH]1. The topological polar surface area (TPSA) is 57.4 Å². The van der Waals surface area contributed by atoms with E-state index in [1.54, 1.807) is 0 Å². The van der Waals surface area contributed by atoms with Gasteiger partial charge in [0.25, 0.3) is 0 Å². The zero-order chi connectivity index (χ0) is 21.1. The molecule has 31 heavy (non-hydrogen) atoms. The quantitative estimate of drug-likeness (QED) is 0.312. The number of thiophene rings is 1. The van der Waals surface area contributed by atoms with E-state index in [9.17, 15) is 0 Å². The Labute approximate surface area is 184 Å². The lowest BCUT2D eigenvalue weighted by Gasteiger charge is -2.03. The molecule has 3 heterocycles. The van der Waals surface area contributed by atoms with Crippen LogP contribution >= 0.6 is 11.3 Å². The van der Waals surface area contributed by atoms with Crippen molar-refractivity contribution in [1.82, 2.24) is 19.9 Å². The van der Waals surface area contributed by atoms with Gasteiger partial charge in [0.05, 0.1) is 23.8 Å². The van der Waals surface area contributed by atoms with Gasteiger partial charge in [-0.25, -0.2) is 9.97 Å². The minimum absolute atomic E-state index is 0.392. The summed E-state index contributed by atoms with van der Waals surface area (Å²) < 4.78 is 2.64. The Morgan fingerprint density at radius 3 is 2.23 bits per heavy atom. The Hall–Kier alpha value is -3.44. The van der Waals surface area contributed by atoms with Crippen molar-refractivity contribution >= 4 is 42.3 Å². The summed E-state index contributed by atoms with van der Waals surface area (Å²) in [6, 6.07) is 17.9. The van der Waals surface area contributed by atoms with E-state index in [4.69, 9.17) is 0 Å².